The molecule has 2 rings (SSSR count). The third-order valence-corrected chi connectivity index (χ3v) is 4.17. The van der Waals surface area contributed by atoms with Crippen molar-refractivity contribution in [2.45, 2.75) is 11.0 Å². The summed E-state index contributed by atoms with van der Waals surface area (Å²) in [7, 11) is 0. The van der Waals surface area contributed by atoms with Gasteiger partial charge in [0.15, 0.2) is 0 Å². The fourth-order valence-corrected chi connectivity index (χ4v) is 3.14. The van der Waals surface area contributed by atoms with Gasteiger partial charge in [0.2, 0.25) is 0 Å². The molecule has 1 aromatic heterocycles. The molecule has 1 atom stereocenters. The number of rotatable bonds is 4. The van der Waals surface area contributed by atoms with Gasteiger partial charge in [-0.25, -0.2) is 0 Å². The molecule has 0 aliphatic rings. The lowest BCUT2D eigenvalue weighted by Gasteiger charge is -2.11. The molecule has 1 aromatic carbocycles. The lowest BCUT2D eigenvalue weighted by atomic mass is 10.2. The van der Waals surface area contributed by atoms with E-state index < -0.39 is 6.10 Å². The normalized spacial score (nSPS) is 12.4. The van der Waals surface area contributed by atoms with Crippen molar-refractivity contribution in [3.63, 3.8) is 0 Å². The Morgan fingerprint density at radius 3 is 2.63 bits per heavy atom. The Bertz CT molecular complexity index is 580. The van der Waals surface area contributed by atoms with Crippen LogP contribution in [0.3, 0.4) is 0 Å². The second-order valence-electron chi connectivity index (χ2n) is 3.80. The van der Waals surface area contributed by atoms with E-state index in [2.05, 4.69) is 4.98 Å². The Morgan fingerprint density at radius 2 is 1.95 bits per heavy atom. The van der Waals surface area contributed by atoms with Crippen LogP contribution >= 0.6 is 46.6 Å². The van der Waals surface area contributed by atoms with Gasteiger partial charge in [-0.1, -0.05) is 40.9 Å². The third kappa shape index (κ3) is 4.26. The van der Waals surface area contributed by atoms with Crippen LogP contribution in [0.5, 0.6) is 0 Å². The van der Waals surface area contributed by atoms with Crippen LogP contribution in [-0.4, -0.2) is 15.8 Å². The summed E-state index contributed by atoms with van der Waals surface area (Å²) in [5.41, 5.74) is 0.431. The smallest absolute Gasteiger partial charge is 0.107 e. The molecular weight excluding hydrogens is 325 g/mol. The first-order valence-electron chi connectivity index (χ1n) is 5.43. The Kier molecular flexibility index (Phi) is 5.37. The molecule has 1 unspecified atom stereocenters. The number of hydrogen-bond donors (Lipinski definition) is 1. The number of hydrogen-bond acceptors (Lipinski definition) is 3. The lowest BCUT2D eigenvalue weighted by Crippen LogP contribution is -2.04. The van der Waals surface area contributed by atoms with Crippen molar-refractivity contribution in [1.82, 2.24) is 4.98 Å². The van der Waals surface area contributed by atoms with Crippen LogP contribution in [-0.2, 0) is 0 Å². The first-order valence-corrected chi connectivity index (χ1v) is 7.55. The van der Waals surface area contributed by atoms with Crippen molar-refractivity contribution < 1.29 is 5.11 Å². The van der Waals surface area contributed by atoms with Gasteiger partial charge in [0.05, 0.1) is 15.7 Å². The van der Waals surface area contributed by atoms with Gasteiger partial charge in [-0.05, 0) is 24.3 Å². The maximum Gasteiger partial charge on any atom is 0.107 e. The molecule has 100 valence electrons. The molecule has 0 radical (unpaired) electrons. The molecule has 0 saturated carbocycles. The minimum atomic E-state index is -0.756. The fraction of sp³-hybridized carbons (Fsp3) is 0.154. The molecule has 1 N–H and O–H groups in total. The van der Waals surface area contributed by atoms with E-state index in [-0.39, 0.29) is 0 Å². The maximum absolute atomic E-state index is 10.1. The summed E-state index contributed by atoms with van der Waals surface area (Å²) in [5, 5.41) is 11.6. The van der Waals surface area contributed by atoms with Crippen LogP contribution in [0.1, 0.15) is 11.8 Å². The standard InChI is InChI=1S/C13H10Cl3NOS/c14-8-2-1-3-10(4-8)19-7-12(18)13-11(16)5-9(15)6-17-13/h1-6,12,18H,7H2. The minimum Gasteiger partial charge on any atom is -0.386 e. The number of aliphatic hydroxyl groups is 1. The predicted molar refractivity (Wildman–Crippen MR) is 81.4 cm³/mol. The maximum atomic E-state index is 10.1. The molecule has 2 aromatic rings. The zero-order chi connectivity index (χ0) is 13.8. The Labute approximate surface area is 130 Å². The summed E-state index contributed by atoms with van der Waals surface area (Å²) < 4.78 is 0. The average molecular weight is 335 g/mol. The van der Waals surface area contributed by atoms with Crippen LogP contribution in [0.15, 0.2) is 41.4 Å². The number of thioether (sulfide) groups is 1. The molecule has 0 amide bonds. The quantitative estimate of drug-likeness (QED) is 0.810. The van der Waals surface area contributed by atoms with E-state index in [0.717, 1.165) is 4.90 Å². The molecule has 6 heteroatoms. The van der Waals surface area contributed by atoms with E-state index in [1.54, 1.807) is 12.1 Å². The molecule has 0 spiro atoms. The topological polar surface area (TPSA) is 33.1 Å². The van der Waals surface area contributed by atoms with E-state index in [9.17, 15) is 5.11 Å². The van der Waals surface area contributed by atoms with E-state index >= 15 is 0 Å². The molecule has 0 fully saturated rings. The van der Waals surface area contributed by atoms with Crippen LogP contribution in [0, 0.1) is 0 Å². The minimum absolute atomic E-state index is 0.367. The second kappa shape index (κ2) is 6.82. The first-order chi connectivity index (χ1) is 9.06. The van der Waals surface area contributed by atoms with Crippen molar-refractivity contribution in [3.8, 4) is 0 Å². The highest BCUT2D eigenvalue weighted by molar-refractivity contribution is 7.99. The van der Waals surface area contributed by atoms with Gasteiger partial charge < -0.3 is 5.11 Å². The summed E-state index contributed by atoms with van der Waals surface area (Å²) in [6.45, 7) is 0. The molecule has 0 bridgehead atoms. The van der Waals surface area contributed by atoms with Crippen molar-refractivity contribution in [1.29, 1.82) is 0 Å². The van der Waals surface area contributed by atoms with Crippen LogP contribution in [0.2, 0.25) is 15.1 Å². The van der Waals surface area contributed by atoms with Gasteiger partial charge in [0.1, 0.15) is 6.10 Å². The second-order valence-corrected chi connectivity index (χ2v) is 6.18. The number of nitrogens with zero attached hydrogens (tertiary/aromatic N) is 1. The SMILES string of the molecule is OC(CSc1cccc(Cl)c1)c1ncc(Cl)cc1Cl. The van der Waals surface area contributed by atoms with Crippen molar-refractivity contribution >= 4 is 46.6 Å². The molecule has 0 aliphatic carbocycles. The number of aliphatic hydroxyl groups excluding tert-OH is 1. The van der Waals surface area contributed by atoms with Crippen LogP contribution in [0.25, 0.3) is 0 Å². The monoisotopic (exact) mass is 333 g/mol. The summed E-state index contributed by atoms with van der Waals surface area (Å²) in [6, 6.07) is 9.01. The van der Waals surface area contributed by atoms with Crippen molar-refractivity contribution in [2.75, 3.05) is 5.75 Å². The molecular formula is C13H10Cl3NOS. The largest absolute Gasteiger partial charge is 0.386 e. The zero-order valence-corrected chi connectivity index (χ0v) is 12.8. The van der Waals surface area contributed by atoms with Crippen LogP contribution < -0.4 is 0 Å². The van der Waals surface area contributed by atoms with Gasteiger partial charge in [0.25, 0.3) is 0 Å². The summed E-state index contributed by atoms with van der Waals surface area (Å²) in [5.74, 6) is 0.439. The van der Waals surface area contributed by atoms with Crippen molar-refractivity contribution in [2.24, 2.45) is 0 Å². The van der Waals surface area contributed by atoms with Crippen LogP contribution in [0.4, 0.5) is 0 Å². The van der Waals surface area contributed by atoms with Gasteiger partial charge in [-0.2, -0.15) is 0 Å². The summed E-state index contributed by atoms with van der Waals surface area (Å²) in [6.07, 6.45) is 0.713. The molecule has 0 aliphatic heterocycles. The predicted octanol–water partition coefficient (Wildman–Crippen LogP) is 4.87. The Morgan fingerprint density at radius 1 is 1.16 bits per heavy atom. The fourth-order valence-electron chi connectivity index (χ4n) is 1.48. The van der Waals surface area contributed by atoms with E-state index in [0.29, 0.717) is 26.5 Å². The summed E-state index contributed by atoms with van der Waals surface area (Å²) in [4.78, 5) is 5.04. The molecule has 19 heavy (non-hydrogen) atoms. The van der Waals surface area contributed by atoms with Gasteiger partial charge in [-0.15, -0.1) is 11.8 Å². The molecule has 1 heterocycles. The third-order valence-electron chi connectivity index (χ3n) is 2.36. The summed E-state index contributed by atoms with van der Waals surface area (Å²) >= 11 is 19.1. The van der Waals surface area contributed by atoms with Gasteiger partial charge in [0, 0.05) is 21.9 Å². The highest BCUT2D eigenvalue weighted by Crippen LogP contribution is 2.29. The van der Waals surface area contributed by atoms with Gasteiger partial charge in [-0.3, -0.25) is 4.98 Å². The number of pyridine rings is 1. The van der Waals surface area contributed by atoms with Crippen molar-refractivity contribution in [3.05, 3.63) is 57.3 Å². The lowest BCUT2D eigenvalue weighted by molar-refractivity contribution is 0.199. The highest BCUT2D eigenvalue weighted by Gasteiger charge is 2.14. The number of aromatic nitrogens is 1. The highest BCUT2D eigenvalue weighted by atomic mass is 35.5. The zero-order valence-electron chi connectivity index (χ0n) is 9.69. The van der Waals surface area contributed by atoms with E-state index in [4.69, 9.17) is 34.8 Å². The molecule has 0 saturated heterocycles. The average Bonchev–Trinajstić information content (AvgIpc) is 2.36. The van der Waals surface area contributed by atoms with E-state index in [1.165, 1.54) is 18.0 Å². The Hall–Kier alpha value is -0.450. The van der Waals surface area contributed by atoms with E-state index in [1.807, 2.05) is 18.2 Å². The molecule has 2 nitrogen and oxygen atoms in total. The first kappa shape index (κ1) is 14.9. The number of benzene rings is 1. The van der Waals surface area contributed by atoms with Gasteiger partial charge >= 0.3 is 0 Å². The number of halogens is 3. The Balaban J connectivity index is 2.03.